The maximum Gasteiger partial charge on any atom is 0.209 e. The van der Waals surface area contributed by atoms with E-state index >= 15 is 0 Å². The molecule has 1 aliphatic heterocycles. The molecule has 4 N–H and O–H groups in total. The first-order chi connectivity index (χ1) is 9.25. The van der Waals surface area contributed by atoms with Crippen molar-refractivity contribution in [1.29, 1.82) is 0 Å². The van der Waals surface area contributed by atoms with Gasteiger partial charge in [-0.15, -0.1) is 20.4 Å². The van der Waals surface area contributed by atoms with Crippen LogP contribution < -0.4 is 11.7 Å². The molecule has 0 saturated carbocycles. The van der Waals surface area contributed by atoms with E-state index in [9.17, 15) is 0 Å². The van der Waals surface area contributed by atoms with E-state index < -0.39 is 0 Å². The van der Waals surface area contributed by atoms with Crippen LogP contribution in [0.2, 0.25) is 0 Å². The Kier molecular flexibility index (Phi) is 3.51. The molecule has 0 aliphatic carbocycles. The van der Waals surface area contributed by atoms with Gasteiger partial charge >= 0.3 is 0 Å². The van der Waals surface area contributed by atoms with Crippen molar-refractivity contribution in [2.75, 3.05) is 23.2 Å². The van der Waals surface area contributed by atoms with Crippen molar-refractivity contribution < 1.29 is 0 Å². The van der Waals surface area contributed by atoms with Crippen LogP contribution in [0.25, 0.3) is 0 Å². The highest BCUT2D eigenvalue weighted by Gasteiger charge is 2.14. The molecule has 0 amide bonds. The molecule has 3 rings (SSSR count). The molecule has 1 aliphatic rings. The van der Waals surface area contributed by atoms with E-state index in [4.69, 9.17) is 11.7 Å². The van der Waals surface area contributed by atoms with E-state index in [2.05, 4.69) is 20.4 Å². The Bertz CT molecular complexity index is 527. The molecule has 8 nitrogen and oxygen atoms in total. The Morgan fingerprint density at radius 3 is 1.74 bits per heavy atom. The maximum absolute atomic E-state index is 5.96. The number of aromatic nitrogens is 6. The summed E-state index contributed by atoms with van der Waals surface area (Å²) in [5.41, 5.74) is 0. The van der Waals surface area contributed by atoms with Crippen LogP contribution in [-0.4, -0.2) is 41.3 Å². The van der Waals surface area contributed by atoms with Gasteiger partial charge in [-0.2, -0.15) is 0 Å². The quantitative estimate of drug-likeness (QED) is 0.636. The highest BCUT2D eigenvalue weighted by molar-refractivity contribution is 8.02. The molecule has 0 aromatic carbocycles. The molecule has 10 heteroatoms. The summed E-state index contributed by atoms with van der Waals surface area (Å²) in [4.78, 5) is 0. The second-order valence-electron chi connectivity index (χ2n) is 4.09. The second kappa shape index (κ2) is 5.29. The summed E-state index contributed by atoms with van der Waals surface area (Å²) in [7, 11) is 0. The van der Waals surface area contributed by atoms with Gasteiger partial charge in [-0.3, -0.25) is 0 Å². The van der Waals surface area contributed by atoms with Gasteiger partial charge in [0.2, 0.25) is 10.3 Å². The lowest BCUT2D eigenvalue weighted by atomic mass is 10.2. The molecule has 2 aromatic heterocycles. The average molecular weight is 298 g/mol. The number of hydrogen-bond donors (Lipinski definition) is 2. The first-order valence-electron chi connectivity index (χ1n) is 5.90. The monoisotopic (exact) mass is 298 g/mol. The lowest BCUT2D eigenvalue weighted by Crippen LogP contribution is -2.15. The number of aryl methyl sites for hydroxylation is 2. The summed E-state index contributed by atoms with van der Waals surface area (Å²) in [6.07, 6.45) is 2.36. The normalized spacial score (nSPS) is 16.4. The van der Waals surface area contributed by atoms with Gasteiger partial charge in [0, 0.05) is 24.3 Å². The van der Waals surface area contributed by atoms with Gasteiger partial charge in [-0.1, -0.05) is 23.5 Å². The summed E-state index contributed by atoms with van der Waals surface area (Å²) in [5, 5.41) is 17.9. The smallest absolute Gasteiger partial charge is 0.209 e. The number of nitrogens with zero attached hydrogens (tertiary/aromatic N) is 6. The predicted molar refractivity (Wildman–Crippen MR) is 73.8 cm³/mol. The van der Waals surface area contributed by atoms with E-state index in [0.29, 0.717) is 0 Å². The third-order valence-corrected chi connectivity index (χ3v) is 4.96. The number of nitrogen functional groups attached to an aromatic ring is 2. The predicted octanol–water partition coefficient (Wildman–Crippen LogP) is -0.330. The molecule has 0 fully saturated rings. The van der Waals surface area contributed by atoms with Crippen LogP contribution >= 0.6 is 23.5 Å². The Hall–Kier alpha value is -1.42. The first-order valence-corrected chi connectivity index (χ1v) is 7.87. The molecule has 0 radical (unpaired) electrons. The van der Waals surface area contributed by atoms with Gasteiger partial charge in [0.15, 0.2) is 11.6 Å². The molecule has 0 unspecified atom stereocenters. The van der Waals surface area contributed by atoms with E-state index in [-0.39, 0.29) is 0 Å². The van der Waals surface area contributed by atoms with Crippen molar-refractivity contribution in [2.45, 2.75) is 29.6 Å². The zero-order valence-corrected chi connectivity index (χ0v) is 11.8. The Morgan fingerprint density at radius 2 is 1.26 bits per heavy atom. The van der Waals surface area contributed by atoms with Crippen LogP contribution in [-0.2, 0) is 12.8 Å². The van der Waals surface area contributed by atoms with Crippen LogP contribution in [0.15, 0.2) is 10.3 Å². The van der Waals surface area contributed by atoms with E-state index in [1.165, 1.54) is 0 Å². The molecule has 0 atom stereocenters. The lowest BCUT2D eigenvalue weighted by molar-refractivity contribution is 0.685. The Labute approximate surface area is 118 Å². The number of thioether (sulfide) groups is 2. The number of fused-ring (bicyclic) bond motifs is 4. The minimum Gasteiger partial charge on any atom is -0.336 e. The molecule has 0 spiro atoms. The summed E-state index contributed by atoms with van der Waals surface area (Å²) in [5.74, 6) is 15.2. The van der Waals surface area contributed by atoms with Gasteiger partial charge in [0.1, 0.15) is 0 Å². The molecule has 2 aromatic rings. The molecule has 0 saturated heterocycles. The molecule has 19 heavy (non-hydrogen) atoms. The maximum atomic E-state index is 5.96. The third-order valence-electron chi connectivity index (χ3n) is 2.82. The Morgan fingerprint density at radius 1 is 0.789 bits per heavy atom. The Balaban J connectivity index is 1.83. The van der Waals surface area contributed by atoms with Gasteiger partial charge < -0.3 is 11.7 Å². The SMILES string of the molecule is Nn1c2nnc1SCCSc1nnc(n1N)CCC2. The van der Waals surface area contributed by atoms with Crippen molar-refractivity contribution in [3.63, 3.8) is 0 Å². The largest absolute Gasteiger partial charge is 0.336 e. The second-order valence-corrected chi connectivity index (χ2v) is 6.21. The fourth-order valence-corrected chi connectivity index (χ4v) is 3.54. The fourth-order valence-electron chi connectivity index (χ4n) is 1.82. The summed E-state index contributed by atoms with van der Waals surface area (Å²) < 4.78 is 3.15. The minimum absolute atomic E-state index is 0.749. The van der Waals surface area contributed by atoms with Crippen LogP contribution in [0.3, 0.4) is 0 Å². The van der Waals surface area contributed by atoms with Gasteiger partial charge in [0.05, 0.1) is 0 Å². The highest BCUT2D eigenvalue weighted by Crippen LogP contribution is 2.21. The summed E-state index contributed by atoms with van der Waals surface area (Å²) in [6, 6.07) is 0. The van der Waals surface area contributed by atoms with E-state index in [1.54, 1.807) is 32.9 Å². The average Bonchev–Trinajstić information content (AvgIpc) is 2.92. The number of nitrogens with two attached hydrogens (primary N) is 2. The number of rotatable bonds is 0. The van der Waals surface area contributed by atoms with E-state index in [0.717, 1.165) is 52.7 Å². The lowest BCUT2D eigenvalue weighted by Gasteiger charge is -2.02. The third kappa shape index (κ3) is 2.50. The highest BCUT2D eigenvalue weighted by atomic mass is 32.2. The van der Waals surface area contributed by atoms with Crippen LogP contribution in [0.5, 0.6) is 0 Å². The van der Waals surface area contributed by atoms with Crippen molar-refractivity contribution in [3.8, 4) is 0 Å². The number of hydrogen-bond acceptors (Lipinski definition) is 8. The van der Waals surface area contributed by atoms with Gasteiger partial charge in [-0.25, -0.2) is 9.35 Å². The van der Waals surface area contributed by atoms with Crippen LogP contribution in [0.4, 0.5) is 0 Å². The zero-order valence-electron chi connectivity index (χ0n) is 10.2. The standard InChI is InChI=1S/C9H14N8S2/c10-16-6-2-1-3-7-13-15-9(17(7)11)19-5-4-18-8(16)14-12-6/h1-5,10-11H2. The fraction of sp³-hybridized carbons (Fsp3) is 0.556. The molecule has 102 valence electrons. The van der Waals surface area contributed by atoms with Crippen LogP contribution in [0.1, 0.15) is 18.1 Å². The van der Waals surface area contributed by atoms with Crippen molar-refractivity contribution in [2.24, 2.45) is 0 Å². The summed E-state index contributed by atoms with van der Waals surface area (Å²) in [6.45, 7) is 0. The van der Waals surface area contributed by atoms with Gasteiger partial charge in [-0.05, 0) is 6.42 Å². The van der Waals surface area contributed by atoms with Crippen LogP contribution in [0, 0.1) is 0 Å². The molecule has 3 heterocycles. The molecular formula is C9H14N8S2. The van der Waals surface area contributed by atoms with Crippen molar-refractivity contribution in [3.05, 3.63) is 11.6 Å². The van der Waals surface area contributed by atoms with E-state index in [1.807, 2.05) is 0 Å². The van der Waals surface area contributed by atoms with Crippen molar-refractivity contribution >= 4 is 23.5 Å². The van der Waals surface area contributed by atoms with Crippen molar-refractivity contribution in [1.82, 2.24) is 29.7 Å². The molecule has 4 bridgehead atoms. The summed E-state index contributed by atoms with van der Waals surface area (Å²) >= 11 is 3.17. The topological polar surface area (TPSA) is 113 Å². The minimum atomic E-state index is 0.749. The first kappa shape index (κ1) is 12.6. The molecular weight excluding hydrogens is 284 g/mol. The zero-order chi connectivity index (χ0) is 13.2. The van der Waals surface area contributed by atoms with Gasteiger partial charge in [0.25, 0.3) is 0 Å².